The van der Waals surface area contributed by atoms with E-state index >= 15 is 0 Å². The van der Waals surface area contributed by atoms with Crippen molar-refractivity contribution in [3.63, 3.8) is 0 Å². The van der Waals surface area contributed by atoms with E-state index in [9.17, 15) is 19.1 Å². The van der Waals surface area contributed by atoms with Crippen molar-refractivity contribution in [3.05, 3.63) is 120 Å². The maximum atomic E-state index is 13.5. The maximum Gasteiger partial charge on any atom is 0.411 e. The third-order valence-electron chi connectivity index (χ3n) is 7.71. The number of carbonyl (C=O) groups is 2. The number of rotatable bonds is 10. The number of amides is 2. The van der Waals surface area contributed by atoms with E-state index in [2.05, 4.69) is 39.8 Å². The molecule has 4 aromatic rings. The Kier molecular flexibility index (Phi) is 10.0. The van der Waals surface area contributed by atoms with Crippen LogP contribution in [-0.4, -0.2) is 54.3 Å². The Hall–Kier alpha value is -4.69. The van der Waals surface area contributed by atoms with Crippen molar-refractivity contribution in [2.45, 2.75) is 31.8 Å². The molecule has 4 aromatic carbocycles. The molecule has 8 heteroatoms. The minimum Gasteiger partial charge on any atom is -0.505 e. The molecule has 0 aromatic heterocycles. The predicted molar refractivity (Wildman–Crippen MR) is 166 cm³/mol. The highest BCUT2D eigenvalue weighted by Gasteiger charge is 2.22. The van der Waals surface area contributed by atoms with Crippen LogP contribution in [0.5, 0.6) is 5.75 Å². The molecule has 0 spiro atoms. The molecular formula is C35H36FN3O4. The van der Waals surface area contributed by atoms with E-state index < -0.39 is 17.7 Å². The van der Waals surface area contributed by atoms with Gasteiger partial charge in [0.1, 0.15) is 6.10 Å². The molecule has 1 aliphatic rings. The summed E-state index contributed by atoms with van der Waals surface area (Å²) in [6.45, 7) is 3.11. The Balaban J connectivity index is 1.00. The van der Waals surface area contributed by atoms with Gasteiger partial charge >= 0.3 is 6.09 Å². The number of aromatic hydroxyl groups is 1. The fourth-order valence-corrected chi connectivity index (χ4v) is 5.23. The van der Waals surface area contributed by atoms with Gasteiger partial charge in [0, 0.05) is 37.3 Å². The van der Waals surface area contributed by atoms with Crippen molar-refractivity contribution in [1.29, 1.82) is 0 Å². The number of anilines is 1. The standard InChI is InChI=1S/C35H36FN3O4/c36-31-24-28(14-15-33(31)40)34(41)37-20-16-25-10-12-26(13-11-25)17-21-39-22-18-29(19-23-39)43-35(42)38-32-9-5-4-8-30(32)27-6-2-1-3-7-27/h1-15,24,29,40H,16-23H2,(H,37,41)(H,38,42). The number of ether oxygens (including phenoxy) is 1. The molecule has 1 aliphatic heterocycles. The van der Waals surface area contributed by atoms with Gasteiger partial charge in [0.2, 0.25) is 0 Å². The Morgan fingerprint density at radius 3 is 2.26 bits per heavy atom. The van der Waals surface area contributed by atoms with Gasteiger partial charge in [-0.15, -0.1) is 0 Å². The topological polar surface area (TPSA) is 90.9 Å². The van der Waals surface area contributed by atoms with E-state index in [4.69, 9.17) is 4.74 Å². The van der Waals surface area contributed by atoms with Crippen molar-refractivity contribution >= 4 is 17.7 Å². The maximum absolute atomic E-state index is 13.5. The van der Waals surface area contributed by atoms with Crippen molar-refractivity contribution in [2.75, 3.05) is 31.5 Å². The molecular weight excluding hydrogens is 545 g/mol. The fraction of sp³-hybridized carbons (Fsp3) is 0.257. The summed E-state index contributed by atoms with van der Waals surface area (Å²) in [6.07, 6.45) is 2.66. The summed E-state index contributed by atoms with van der Waals surface area (Å²) in [5.74, 6) is -1.67. The van der Waals surface area contributed by atoms with Gasteiger partial charge in [-0.2, -0.15) is 0 Å². The van der Waals surface area contributed by atoms with E-state index in [0.29, 0.717) is 13.0 Å². The van der Waals surface area contributed by atoms with E-state index in [1.54, 1.807) is 0 Å². The van der Waals surface area contributed by atoms with Gasteiger partial charge < -0.3 is 20.1 Å². The zero-order valence-electron chi connectivity index (χ0n) is 24.0. The lowest BCUT2D eigenvalue weighted by atomic mass is 10.0. The quantitative estimate of drug-likeness (QED) is 0.201. The van der Waals surface area contributed by atoms with Gasteiger partial charge in [-0.3, -0.25) is 10.1 Å². The lowest BCUT2D eigenvalue weighted by Gasteiger charge is -2.31. The van der Waals surface area contributed by atoms with Crippen LogP contribution in [0.15, 0.2) is 97.1 Å². The average Bonchev–Trinajstić information content (AvgIpc) is 3.03. The molecule has 3 N–H and O–H groups in total. The summed E-state index contributed by atoms with van der Waals surface area (Å²) < 4.78 is 19.2. The first-order valence-electron chi connectivity index (χ1n) is 14.6. The highest BCUT2D eigenvalue weighted by molar-refractivity contribution is 5.94. The average molecular weight is 582 g/mol. The summed E-state index contributed by atoms with van der Waals surface area (Å²) in [5.41, 5.74) is 5.24. The second-order valence-electron chi connectivity index (χ2n) is 10.7. The summed E-state index contributed by atoms with van der Waals surface area (Å²) in [5, 5.41) is 15.0. The van der Waals surface area contributed by atoms with Crippen LogP contribution in [-0.2, 0) is 17.6 Å². The number of nitrogens with zero attached hydrogens (tertiary/aromatic N) is 1. The third-order valence-corrected chi connectivity index (χ3v) is 7.71. The van der Waals surface area contributed by atoms with Crippen molar-refractivity contribution in [3.8, 4) is 16.9 Å². The predicted octanol–water partition coefficient (Wildman–Crippen LogP) is 6.43. The first kappa shape index (κ1) is 29.8. The van der Waals surface area contributed by atoms with Crippen LogP contribution < -0.4 is 10.6 Å². The highest BCUT2D eigenvalue weighted by atomic mass is 19.1. The largest absolute Gasteiger partial charge is 0.505 e. The molecule has 1 fully saturated rings. The van der Waals surface area contributed by atoms with E-state index in [-0.39, 0.29) is 17.6 Å². The monoisotopic (exact) mass is 581 g/mol. The molecule has 1 heterocycles. The fourth-order valence-electron chi connectivity index (χ4n) is 5.23. The normalized spacial score (nSPS) is 13.8. The number of carbonyl (C=O) groups excluding carboxylic acids is 2. The second-order valence-corrected chi connectivity index (χ2v) is 10.7. The SMILES string of the molecule is O=C(Nc1ccccc1-c1ccccc1)OC1CCN(CCc2ccc(CCNC(=O)c3ccc(O)c(F)c3)cc2)CC1. The minimum absolute atomic E-state index is 0.104. The van der Waals surface area contributed by atoms with Crippen molar-refractivity contribution < 1.29 is 23.8 Å². The first-order valence-corrected chi connectivity index (χ1v) is 14.6. The van der Waals surface area contributed by atoms with Crippen LogP contribution in [0.4, 0.5) is 14.9 Å². The van der Waals surface area contributed by atoms with Gasteiger partial charge in [0.25, 0.3) is 5.91 Å². The van der Waals surface area contributed by atoms with Gasteiger partial charge in [-0.25, -0.2) is 9.18 Å². The molecule has 0 bridgehead atoms. The number of piperidine rings is 1. The van der Waals surface area contributed by atoms with Crippen molar-refractivity contribution in [1.82, 2.24) is 10.2 Å². The lowest BCUT2D eigenvalue weighted by Crippen LogP contribution is -2.39. The number of hydrogen-bond acceptors (Lipinski definition) is 5. The van der Waals surface area contributed by atoms with Crippen LogP contribution >= 0.6 is 0 Å². The summed E-state index contributed by atoms with van der Waals surface area (Å²) in [7, 11) is 0. The number of likely N-dealkylation sites (tertiary alicyclic amines) is 1. The smallest absolute Gasteiger partial charge is 0.411 e. The van der Waals surface area contributed by atoms with Gasteiger partial charge in [0.05, 0.1) is 5.69 Å². The Morgan fingerprint density at radius 1 is 0.860 bits per heavy atom. The van der Waals surface area contributed by atoms with E-state index in [1.165, 1.54) is 17.7 Å². The number of phenolic OH excluding ortho intramolecular Hbond substituents is 1. The molecule has 0 unspecified atom stereocenters. The molecule has 0 saturated carbocycles. The van der Waals surface area contributed by atoms with Crippen LogP contribution in [0.3, 0.4) is 0 Å². The molecule has 0 aliphatic carbocycles. The van der Waals surface area contributed by atoms with E-state index in [1.807, 2.05) is 54.6 Å². The van der Waals surface area contributed by atoms with Crippen molar-refractivity contribution in [2.24, 2.45) is 0 Å². The number of nitrogens with one attached hydrogen (secondary N) is 2. The molecule has 2 amide bonds. The molecule has 7 nitrogen and oxygen atoms in total. The second kappa shape index (κ2) is 14.5. The minimum atomic E-state index is -0.815. The highest BCUT2D eigenvalue weighted by Crippen LogP contribution is 2.28. The van der Waals surface area contributed by atoms with E-state index in [0.717, 1.165) is 67.3 Å². The lowest BCUT2D eigenvalue weighted by molar-refractivity contribution is 0.0593. The van der Waals surface area contributed by atoms with Crippen LogP contribution in [0.2, 0.25) is 0 Å². The van der Waals surface area contributed by atoms with Crippen LogP contribution in [0.25, 0.3) is 11.1 Å². The van der Waals surface area contributed by atoms with Gasteiger partial charge in [0.15, 0.2) is 11.6 Å². The Bertz CT molecular complexity index is 1520. The van der Waals surface area contributed by atoms with Gasteiger partial charge in [-0.05, 0) is 66.6 Å². The zero-order chi connectivity index (χ0) is 30.0. The summed E-state index contributed by atoms with van der Waals surface area (Å²) in [4.78, 5) is 27.3. The Labute approximate surface area is 251 Å². The molecule has 1 saturated heterocycles. The number of benzene rings is 4. The van der Waals surface area contributed by atoms with Crippen LogP contribution in [0, 0.1) is 5.82 Å². The number of halogens is 1. The third kappa shape index (κ3) is 8.42. The van der Waals surface area contributed by atoms with Crippen LogP contribution in [0.1, 0.15) is 34.3 Å². The molecule has 222 valence electrons. The number of hydrogen-bond donors (Lipinski definition) is 3. The summed E-state index contributed by atoms with van der Waals surface area (Å²) in [6, 6.07) is 29.6. The molecule has 43 heavy (non-hydrogen) atoms. The zero-order valence-corrected chi connectivity index (χ0v) is 24.0. The number of para-hydroxylation sites is 1. The summed E-state index contributed by atoms with van der Waals surface area (Å²) >= 11 is 0. The van der Waals surface area contributed by atoms with Gasteiger partial charge in [-0.1, -0.05) is 72.8 Å². The molecule has 0 atom stereocenters. The number of phenols is 1. The molecule has 5 rings (SSSR count). The Morgan fingerprint density at radius 2 is 1.53 bits per heavy atom. The molecule has 0 radical (unpaired) electrons. The first-order chi connectivity index (χ1) is 20.9.